The largest absolute Gasteiger partial charge is 0.338 e. The molecule has 1 aliphatic heterocycles. The maximum Gasteiger partial charge on any atom is 0.236 e. The zero-order chi connectivity index (χ0) is 18.7. The molecule has 0 aromatic carbocycles. The van der Waals surface area contributed by atoms with Crippen molar-refractivity contribution in [2.45, 2.75) is 64.6 Å². The molecule has 0 aliphatic carbocycles. The fourth-order valence-corrected chi connectivity index (χ4v) is 5.65. The second kappa shape index (κ2) is 8.58. The van der Waals surface area contributed by atoms with Gasteiger partial charge in [0.2, 0.25) is 11.8 Å². The third-order valence-electron chi connectivity index (χ3n) is 4.48. The van der Waals surface area contributed by atoms with Crippen LogP contribution in [0, 0.1) is 12.8 Å². The number of amides is 2. The van der Waals surface area contributed by atoms with E-state index in [4.69, 9.17) is 0 Å². The van der Waals surface area contributed by atoms with Crippen LogP contribution in [0.25, 0.3) is 0 Å². The minimum atomic E-state index is -0.0228. The first-order valence-corrected chi connectivity index (χ1v) is 10.8. The molecule has 25 heavy (non-hydrogen) atoms. The topological polar surface area (TPSA) is 40.6 Å². The van der Waals surface area contributed by atoms with Gasteiger partial charge in [-0.25, -0.2) is 0 Å². The van der Waals surface area contributed by atoms with Crippen LogP contribution in [0.4, 0.5) is 0 Å². The molecule has 0 bridgehead atoms. The Kier molecular flexibility index (Phi) is 6.97. The van der Waals surface area contributed by atoms with Gasteiger partial charge >= 0.3 is 0 Å². The number of rotatable bonds is 7. The molecule has 1 fully saturated rings. The summed E-state index contributed by atoms with van der Waals surface area (Å²) in [5, 5.41) is 2.14. The predicted octanol–water partition coefficient (Wildman–Crippen LogP) is 4.30. The van der Waals surface area contributed by atoms with Gasteiger partial charge < -0.3 is 9.80 Å². The minimum absolute atomic E-state index is 0.0228. The second-order valence-electron chi connectivity index (χ2n) is 7.41. The molecule has 0 radical (unpaired) electrons. The molecule has 2 amide bonds. The van der Waals surface area contributed by atoms with Crippen molar-refractivity contribution >= 4 is 34.9 Å². The van der Waals surface area contributed by atoms with Gasteiger partial charge in [-0.05, 0) is 50.6 Å². The van der Waals surface area contributed by atoms with Crippen LogP contribution < -0.4 is 0 Å². The first kappa shape index (κ1) is 20.3. The van der Waals surface area contributed by atoms with E-state index in [0.717, 1.165) is 0 Å². The van der Waals surface area contributed by atoms with Gasteiger partial charge in [0.05, 0.1) is 5.25 Å². The zero-order valence-corrected chi connectivity index (χ0v) is 17.7. The first-order valence-electron chi connectivity index (χ1n) is 9.01. The van der Waals surface area contributed by atoms with Crippen LogP contribution >= 0.6 is 23.1 Å². The smallest absolute Gasteiger partial charge is 0.236 e. The molecule has 0 saturated carbocycles. The fraction of sp³-hybridized carbons (Fsp3) is 0.684. The van der Waals surface area contributed by atoms with Crippen molar-refractivity contribution in [3.05, 3.63) is 21.9 Å². The average molecular weight is 383 g/mol. The lowest BCUT2D eigenvalue weighted by atomic mass is 10.1. The Balaban J connectivity index is 2.11. The third kappa shape index (κ3) is 4.79. The summed E-state index contributed by atoms with van der Waals surface area (Å²) in [7, 11) is 0. The summed E-state index contributed by atoms with van der Waals surface area (Å²) in [6.45, 7) is 13.5. The molecule has 140 valence electrons. The van der Waals surface area contributed by atoms with Crippen LogP contribution in [-0.4, -0.2) is 46.0 Å². The van der Waals surface area contributed by atoms with Gasteiger partial charge in [0.1, 0.15) is 5.37 Å². The van der Waals surface area contributed by atoms with E-state index in [0.29, 0.717) is 25.4 Å². The highest BCUT2D eigenvalue weighted by Crippen LogP contribution is 2.45. The summed E-state index contributed by atoms with van der Waals surface area (Å²) in [6, 6.07) is 2.26. The minimum Gasteiger partial charge on any atom is -0.338 e. The molecule has 1 aromatic rings. The summed E-state index contributed by atoms with van der Waals surface area (Å²) in [5.41, 5.74) is 1.24. The molecule has 1 saturated heterocycles. The molecule has 1 aromatic heterocycles. The van der Waals surface area contributed by atoms with E-state index in [1.165, 1.54) is 10.4 Å². The number of aryl methyl sites for hydroxylation is 1. The quantitative estimate of drug-likeness (QED) is 0.706. The van der Waals surface area contributed by atoms with E-state index in [2.05, 4.69) is 32.2 Å². The van der Waals surface area contributed by atoms with Crippen molar-refractivity contribution in [2.75, 3.05) is 13.1 Å². The van der Waals surface area contributed by atoms with E-state index in [1.807, 2.05) is 30.6 Å². The molecule has 2 heterocycles. The Morgan fingerprint density at radius 3 is 2.52 bits per heavy atom. The summed E-state index contributed by atoms with van der Waals surface area (Å²) in [6.07, 6.45) is 0.560. The Bertz CT molecular complexity index is 612. The zero-order valence-electron chi connectivity index (χ0n) is 16.1. The molecule has 0 N–H and O–H groups in total. The van der Waals surface area contributed by atoms with Crippen molar-refractivity contribution < 1.29 is 9.59 Å². The normalized spacial score (nSPS) is 20.8. The highest BCUT2D eigenvalue weighted by molar-refractivity contribution is 8.01. The monoisotopic (exact) mass is 382 g/mol. The average Bonchev–Trinajstić information content (AvgIpc) is 3.04. The van der Waals surface area contributed by atoms with Gasteiger partial charge in [0, 0.05) is 30.4 Å². The molecule has 0 spiro atoms. The Labute approximate surface area is 160 Å². The molecule has 4 nitrogen and oxygen atoms in total. The summed E-state index contributed by atoms with van der Waals surface area (Å²) in [5.74, 6) is 0.711. The molecule has 0 unspecified atom stereocenters. The lowest BCUT2D eigenvalue weighted by Crippen LogP contribution is -2.44. The van der Waals surface area contributed by atoms with Gasteiger partial charge in [0.15, 0.2) is 0 Å². The molecular weight excluding hydrogens is 352 g/mol. The summed E-state index contributed by atoms with van der Waals surface area (Å²) < 4.78 is 0. The van der Waals surface area contributed by atoms with Crippen LogP contribution in [0.3, 0.4) is 0 Å². The van der Waals surface area contributed by atoms with Crippen molar-refractivity contribution in [1.82, 2.24) is 9.80 Å². The van der Waals surface area contributed by atoms with Crippen molar-refractivity contribution in [3.8, 4) is 0 Å². The van der Waals surface area contributed by atoms with Crippen molar-refractivity contribution in [1.29, 1.82) is 0 Å². The lowest BCUT2D eigenvalue weighted by Gasteiger charge is -2.31. The van der Waals surface area contributed by atoms with E-state index in [-0.39, 0.29) is 28.5 Å². The van der Waals surface area contributed by atoms with Crippen LogP contribution in [0.5, 0.6) is 0 Å². The Hall–Kier alpha value is -1.01. The van der Waals surface area contributed by atoms with E-state index in [1.54, 1.807) is 23.1 Å². The lowest BCUT2D eigenvalue weighted by molar-refractivity contribution is -0.136. The fourth-order valence-electron chi connectivity index (χ4n) is 3.10. The SMILES string of the molecule is Cc1ccsc1[C@H]1S[C@@H](C)C(=O)N1CCN(C(=O)CC(C)C)C(C)C. The van der Waals surface area contributed by atoms with Crippen LogP contribution in [-0.2, 0) is 9.59 Å². The maximum atomic E-state index is 12.7. The molecule has 2 atom stereocenters. The standard InChI is InChI=1S/C19H30N2O2S2/c1-12(2)11-16(22)20(13(3)4)8-9-21-18(23)15(6)25-19(21)17-14(5)7-10-24-17/h7,10,12-13,15,19H,8-9,11H2,1-6H3/t15-,19+/m0/s1. The number of hydrogen-bond acceptors (Lipinski definition) is 4. The number of nitrogens with zero attached hydrogens (tertiary/aromatic N) is 2. The second-order valence-corrected chi connectivity index (χ2v) is 9.78. The van der Waals surface area contributed by atoms with Gasteiger partial charge in [-0.1, -0.05) is 13.8 Å². The molecular formula is C19H30N2O2S2. The van der Waals surface area contributed by atoms with Gasteiger partial charge in [-0.3, -0.25) is 9.59 Å². The van der Waals surface area contributed by atoms with E-state index >= 15 is 0 Å². The Morgan fingerprint density at radius 1 is 1.32 bits per heavy atom. The highest BCUT2D eigenvalue weighted by atomic mass is 32.2. The maximum absolute atomic E-state index is 12.7. The highest BCUT2D eigenvalue weighted by Gasteiger charge is 2.39. The molecule has 6 heteroatoms. The van der Waals surface area contributed by atoms with Gasteiger partial charge in [-0.2, -0.15) is 0 Å². The summed E-state index contributed by atoms with van der Waals surface area (Å²) >= 11 is 3.43. The number of thioether (sulfide) groups is 1. The predicted molar refractivity (Wildman–Crippen MR) is 107 cm³/mol. The molecule has 2 rings (SSSR count). The third-order valence-corrected chi connectivity index (χ3v) is 7.06. The van der Waals surface area contributed by atoms with E-state index < -0.39 is 0 Å². The number of hydrogen-bond donors (Lipinski definition) is 0. The van der Waals surface area contributed by atoms with Crippen LogP contribution in [0.1, 0.15) is 56.9 Å². The number of carbonyl (C=O) groups excluding carboxylic acids is 2. The van der Waals surface area contributed by atoms with Crippen LogP contribution in [0.2, 0.25) is 0 Å². The number of thiophene rings is 1. The summed E-state index contributed by atoms with van der Waals surface area (Å²) in [4.78, 5) is 30.3. The molecule has 1 aliphatic rings. The van der Waals surface area contributed by atoms with Crippen molar-refractivity contribution in [2.24, 2.45) is 5.92 Å². The van der Waals surface area contributed by atoms with Gasteiger partial charge in [-0.15, -0.1) is 23.1 Å². The Morgan fingerprint density at radius 2 is 2.00 bits per heavy atom. The van der Waals surface area contributed by atoms with Crippen LogP contribution in [0.15, 0.2) is 11.4 Å². The van der Waals surface area contributed by atoms with E-state index in [9.17, 15) is 9.59 Å². The number of carbonyl (C=O) groups is 2. The van der Waals surface area contributed by atoms with Crippen molar-refractivity contribution in [3.63, 3.8) is 0 Å². The van der Waals surface area contributed by atoms with Gasteiger partial charge in [0.25, 0.3) is 0 Å². The first-order chi connectivity index (χ1) is 11.7.